The van der Waals surface area contributed by atoms with Crippen LogP contribution in [0.3, 0.4) is 0 Å². The summed E-state index contributed by atoms with van der Waals surface area (Å²) in [4.78, 5) is 41.8. The molecule has 168 valence electrons. The van der Waals surface area contributed by atoms with Gasteiger partial charge in [0.15, 0.2) is 5.78 Å². The van der Waals surface area contributed by atoms with Crippen molar-refractivity contribution in [2.45, 2.75) is 39.0 Å². The van der Waals surface area contributed by atoms with Crippen molar-refractivity contribution < 1.29 is 9.53 Å². The lowest BCUT2D eigenvalue weighted by molar-refractivity contribution is -0.0379. The average Bonchev–Trinajstić information content (AvgIpc) is 3.16. The topological polar surface area (TPSA) is 70.3 Å². The van der Waals surface area contributed by atoms with Gasteiger partial charge < -0.3 is 4.74 Å². The first-order chi connectivity index (χ1) is 15.7. The van der Waals surface area contributed by atoms with Crippen LogP contribution >= 0.6 is 22.9 Å². The molecule has 2 aromatic heterocycles. The van der Waals surface area contributed by atoms with E-state index in [1.807, 2.05) is 19.9 Å². The molecule has 0 aliphatic carbocycles. The molecule has 0 amide bonds. The van der Waals surface area contributed by atoms with E-state index in [0.717, 1.165) is 15.0 Å². The van der Waals surface area contributed by atoms with Crippen LogP contribution in [0.2, 0.25) is 5.02 Å². The number of carbonyl (C=O) groups is 1. The van der Waals surface area contributed by atoms with Crippen molar-refractivity contribution >= 4 is 38.9 Å². The molecule has 8 heteroatoms. The molecule has 0 bridgehead atoms. The SMILES string of the molecule is CC1(C)Cc2c(sc3c2c(=O)n(-c2ccc(Cl)cc2)c(=O)n3CC(=O)c2ccccc2)CO1. The molecule has 0 saturated carbocycles. The Labute approximate surface area is 198 Å². The highest BCUT2D eigenvalue weighted by molar-refractivity contribution is 7.18. The summed E-state index contributed by atoms with van der Waals surface area (Å²) in [7, 11) is 0. The molecule has 3 heterocycles. The normalized spacial score (nSPS) is 14.9. The van der Waals surface area contributed by atoms with Crippen LogP contribution in [0.5, 0.6) is 0 Å². The van der Waals surface area contributed by atoms with Crippen LogP contribution < -0.4 is 11.2 Å². The second kappa shape index (κ2) is 8.09. The van der Waals surface area contributed by atoms with Gasteiger partial charge in [-0.1, -0.05) is 41.9 Å². The summed E-state index contributed by atoms with van der Waals surface area (Å²) in [6.45, 7) is 4.15. The van der Waals surface area contributed by atoms with Crippen LogP contribution in [0.4, 0.5) is 0 Å². The Balaban J connectivity index is 1.79. The first-order valence-electron chi connectivity index (χ1n) is 10.5. The lowest BCUT2D eigenvalue weighted by Gasteiger charge is -2.29. The van der Waals surface area contributed by atoms with Crippen molar-refractivity contribution in [3.05, 3.63) is 96.5 Å². The fourth-order valence-corrected chi connectivity index (χ4v) is 5.51. The lowest BCUT2D eigenvalue weighted by Crippen LogP contribution is -2.40. The molecule has 0 unspecified atom stereocenters. The fourth-order valence-electron chi connectivity index (χ4n) is 4.17. The number of thiophene rings is 1. The third kappa shape index (κ3) is 3.86. The Morgan fingerprint density at radius 1 is 1.09 bits per heavy atom. The Morgan fingerprint density at radius 3 is 2.48 bits per heavy atom. The maximum absolute atomic E-state index is 13.7. The number of Topliss-reactive ketones (excluding diaryl/α,β-unsaturated/α-hetero) is 1. The third-order valence-electron chi connectivity index (χ3n) is 5.84. The summed E-state index contributed by atoms with van der Waals surface area (Å²) in [6, 6.07) is 15.4. The van der Waals surface area contributed by atoms with Crippen molar-refractivity contribution in [2.24, 2.45) is 0 Å². The van der Waals surface area contributed by atoms with E-state index in [0.29, 0.717) is 39.5 Å². The molecule has 6 nitrogen and oxygen atoms in total. The highest BCUT2D eigenvalue weighted by atomic mass is 35.5. The average molecular weight is 481 g/mol. The molecule has 1 aliphatic rings. The minimum atomic E-state index is -0.558. The van der Waals surface area contributed by atoms with Gasteiger partial charge >= 0.3 is 5.69 Å². The number of carbonyl (C=O) groups excluding carboxylic acids is 1. The van der Waals surface area contributed by atoms with Crippen molar-refractivity contribution in [3.8, 4) is 5.69 Å². The predicted molar refractivity (Wildman–Crippen MR) is 130 cm³/mol. The van der Waals surface area contributed by atoms with E-state index < -0.39 is 16.9 Å². The van der Waals surface area contributed by atoms with Crippen molar-refractivity contribution in [1.29, 1.82) is 0 Å². The number of ether oxygens (including phenoxy) is 1. The van der Waals surface area contributed by atoms with Gasteiger partial charge in [0.25, 0.3) is 5.56 Å². The van der Waals surface area contributed by atoms with Crippen molar-refractivity contribution in [1.82, 2.24) is 9.13 Å². The van der Waals surface area contributed by atoms with Gasteiger partial charge in [0, 0.05) is 21.9 Å². The van der Waals surface area contributed by atoms with Gasteiger partial charge in [0.05, 0.1) is 29.8 Å². The Kier molecular flexibility index (Phi) is 5.35. The number of fused-ring (bicyclic) bond motifs is 3. The molecule has 0 fully saturated rings. The van der Waals surface area contributed by atoms with Crippen LogP contribution in [0.15, 0.2) is 64.2 Å². The smallest absolute Gasteiger partial charge is 0.337 e. The number of halogens is 1. The lowest BCUT2D eigenvalue weighted by atomic mass is 9.94. The van der Waals surface area contributed by atoms with Crippen LogP contribution in [0.25, 0.3) is 15.9 Å². The molecule has 0 saturated heterocycles. The molecule has 0 atom stereocenters. The molecular weight excluding hydrogens is 460 g/mol. The molecule has 2 aromatic carbocycles. The maximum Gasteiger partial charge on any atom is 0.337 e. The third-order valence-corrected chi connectivity index (χ3v) is 7.32. The zero-order valence-corrected chi connectivity index (χ0v) is 19.7. The number of benzene rings is 2. The Morgan fingerprint density at radius 2 is 1.79 bits per heavy atom. The molecule has 1 aliphatic heterocycles. The van der Waals surface area contributed by atoms with Gasteiger partial charge in [0.1, 0.15) is 4.83 Å². The summed E-state index contributed by atoms with van der Waals surface area (Å²) in [5.41, 5.74) is 0.420. The number of rotatable bonds is 4. The summed E-state index contributed by atoms with van der Waals surface area (Å²) in [6.07, 6.45) is 0.545. The summed E-state index contributed by atoms with van der Waals surface area (Å²) in [5.74, 6) is -0.205. The van der Waals surface area contributed by atoms with E-state index in [1.165, 1.54) is 15.9 Å². The monoisotopic (exact) mass is 480 g/mol. The molecule has 0 spiro atoms. The van der Waals surface area contributed by atoms with E-state index in [2.05, 4.69) is 0 Å². The second-order valence-electron chi connectivity index (χ2n) is 8.68. The molecule has 0 N–H and O–H groups in total. The minimum absolute atomic E-state index is 0.170. The number of hydrogen-bond donors (Lipinski definition) is 0. The predicted octanol–water partition coefficient (Wildman–Crippen LogP) is 4.60. The van der Waals surface area contributed by atoms with Gasteiger partial charge in [-0.3, -0.25) is 14.2 Å². The van der Waals surface area contributed by atoms with Crippen LogP contribution in [-0.4, -0.2) is 20.5 Å². The van der Waals surface area contributed by atoms with Crippen molar-refractivity contribution in [2.75, 3.05) is 0 Å². The number of nitrogens with zero attached hydrogens (tertiary/aromatic N) is 2. The van der Waals surface area contributed by atoms with E-state index in [-0.39, 0.29) is 12.3 Å². The highest BCUT2D eigenvalue weighted by Crippen LogP contribution is 2.37. The first-order valence-corrected chi connectivity index (χ1v) is 11.7. The second-order valence-corrected chi connectivity index (χ2v) is 10.2. The number of hydrogen-bond acceptors (Lipinski definition) is 5. The first kappa shape index (κ1) is 21.8. The van der Waals surface area contributed by atoms with Gasteiger partial charge in [-0.05, 0) is 43.7 Å². The molecule has 4 aromatic rings. The van der Waals surface area contributed by atoms with E-state index in [4.69, 9.17) is 16.3 Å². The standard InChI is InChI=1S/C25H21ClN2O4S/c1-25(2)12-18-20(14-32-25)33-23-21(18)22(30)28(17-10-8-16(26)9-11-17)24(31)27(23)13-19(29)15-6-4-3-5-7-15/h3-11H,12-14H2,1-2H3. The minimum Gasteiger partial charge on any atom is -0.370 e. The fraction of sp³-hybridized carbons (Fsp3) is 0.240. The zero-order valence-electron chi connectivity index (χ0n) is 18.1. The highest BCUT2D eigenvalue weighted by Gasteiger charge is 2.32. The van der Waals surface area contributed by atoms with Gasteiger partial charge in [-0.15, -0.1) is 11.3 Å². The summed E-state index contributed by atoms with van der Waals surface area (Å²) in [5, 5.41) is 0.973. The van der Waals surface area contributed by atoms with E-state index in [1.54, 1.807) is 48.5 Å². The van der Waals surface area contributed by atoms with E-state index in [9.17, 15) is 14.4 Å². The van der Waals surface area contributed by atoms with E-state index >= 15 is 0 Å². The largest absolute Gasteiger partial charge is 0.370 e. The van der Waals surface area contributed by atoms with Crippen LogP contribution in [-0.2, 0) is 24.3 Å². The van der Waals surface area contributed by atoms with Gasteiger partial charge in [-0.25, -0.2) is 9.36 Å². The van der Waals surface area contributed by atoms with Crippen molar-refractivity contribution in [3.63, 3.8) is 0 Å². The quantitative estimate of drug-likeness (QED) is 0.400. The molecule has 0 radical (unpaired) electrons. The Hall–Kier alpha value is -3.00. The Bertz CT molecular complexity index is 1500. The molecular formula is C25H21ClN2O4S. The van der Waals surface area contributed by atoms with Gasteiger partial charge in [0.2, 0.25) is 0 Å². The number of aromatic nitrogens is 2. The maximum atomic E-state index is 13.7. The zero-order chi connectivity index (χ0) is 23.3. The molecule has 33 heavy (non-hydrogen) atoms. The van der Waals surface area contributed by atoms with Gasteiger partial charge in [-0.2, -0.15) is 0 Å². The number of ketones is 1. The van der Waals surface area contributed by atoms with Crippen LogP contribution in [0.1, 0.15) is 34.6 Å². The molecule has 5 rings (SSSR count). The summed E-state index contributed by atoms with van der Waals surface area (Å²) >= 11 is 7.37. The summed E-state index contributed by atoms with van der Waals surface area (Å²) < 4.78 is 8.49. The van der Waals surface area contributed by atoms with Crippen LogP contribution in [0, 0.1) is 0 Å².